The number of amides is 3. The number of fused-ring (bicyclic) bond motifs is 1. The Morgan fingerprint density at radius 2 is 1.89 bits per heavy atom. The summed E-state index contributed by atoms with van der Waals surface area (Å²) in [5, 5.41) is 4.98. The molecule has 9 heteroatoms. The lowest BCUT2D eigenvalue weighted by molar-refractivity contribution is -0.135. The second kappa shape index (κ2) is 13.3. The number of anilines is 1. The Hall–Kier alpha value is -3.56. The van der Waals surface area contributed by atoms with Crippen LogP contribution in [0.3, 0.4) is 0 Å². The highest BCUT2D eigenvalue weighted by Crippen LogP contribution is 2.34. The van der Waals surface area contributed by atoms with E-state index in [9.17, 15) is 9.59 Å². The number of urea groups is 1. The molecule has 0 bridgehead atoms. The van der Waals surface area contributed by atoms with Crippen LogP contribution in [-0.4, -0.2) is 68.8 Å². The molecule has 1 N–H and O–H groups in total. The number of carbonyl (C=O) groups excluding carboxylic acids is 2. The Morgan fingerprint density at radius 3 is 2.66 bits per heavy atom. The van der Waals surface area contributed by atoms with Gasteiger partial charge in [-0.1, -0.05) is 23.8 Å². The minimum atomic E-state index is -0.310. The van der Waals surface area contributed by atoms with Gasteiger partial charge in [0, 0.05) is 43.4 Å². The lowest BCUT2D eigenvalue weighted by Crippen LogP contribution is -2.49. The molecule has 1 atom stereocenters. The summed E-state index contributed by atoms with van der Waals surface area (Å²) in [6, 6.07) is 16.5. The largest absolute Gasteiger partial charge is 0.497 e. The van der Waals surface area contributed by atoms with Crippen molar-refractivity contribution in [3.63, 3.8) is 0 Å². The van der Waals surface area contributed by atoms with E-state index in [1.807, 2.05) is 60.4 Å². The van der Waals surface area contributed by atoms with Crippen LogP contribution < -0.4 is 14.8 Å². The molecule has 1 aromatic heterocycles. The highest BCUT2D eigenvalue weighted by Gasteiger charge is 2.33. The predicted molar refractivity (Wildman–Crippen MR) is 149 cm³/mol. The summed E-state index contributed by atoms with van der Waals surface area (Å²) in [5.74, 6) is 1.27. The van der Waals surface area contributed by atoms with Crippen LogP contribution in [0.4, 0.5) is 10.5 Å². The Labute approximate surface area is 228 Å². The van der Waals surface area contributed by atoms with E-state index in [4.69, 9.17) is 14.2 Å². The van der Waals surface area contributed by atoms with E-state index in [2.05, 4.69) is 16.8 Å². The topological polar surface area (TPSA) is 80.3 Å². The van der Waals surface area contributed by atoms with Crippen LogP contribution in [0.25, 0.3) is 0 Å². The zero-order valence-corrected chi connectivity index (χ0v) is 23.0. The van der Waals surface area contributed by atoms with Gasteiger partial charge in [-0.25, -0.2) is 4.79 Å². The highest BCUT2D eigenvalue weighted by molar-refractivity contribution is 7.10. The molecule has 1 unspecified atom stereocenters. The second-order valence-electron chi connectivity index (χ2n) is 9.21. The number of ether oxygens (including phenoxy) is 3. The molecule has 1 aliphatic rings. The summed E-state index contributed by atoms with van der Waals surface area (Å²) in [6.45, 7) is 3.75. The molecule has 2 heterocycles. The van der Waals surface area contributed by atoms with Crippen LogP contribution in [-0.2, 0) is 16.0 Å². The first-order chi connectivity index (χ1) is 18.5. The first kappa shape index (κ1) is 27.5. The van der Waals surface area contributed by atoms with Gasteiger partial charge in [0.2, 0.25) is 5.91 Å². The lowest BCUT2D eigenvalue weighted by atomic mass is 10.0. The summed E-state index contributed by atoms with van der Waals surface area (Å²) >= 11 is 1.70. The molecule has 1 aliphatic heterocycles. The third-order valence-electron chi connectivity index (χ3n) is 6.56. The Balaban J connectivity index is 1.48. The number of hydrogen-bond acceptors (Lipinski definition) is 6. The summed E-state index contributed by atoms with van der Waals surface area (Å²) in [4.78, 5) is 31.6. The van der Waals surface area contributed by atoms with Gasteiger partial charge in [-0.05, 0) is 61.0 Å². The molecular formula is C29H35N3O5S. The summed E-state index contributed by atoms with van der Waals surface area (Å²) < 4.78 is 16.6. The monoisotopic (exact) mass is 537 g/mol. The number of carbonyl (C=O) groups is 2. The SMILES string of the molecule is COCCCN(CC(=O)N1CCc2sccc2C1COc1cccc(OC)c1)C(=O)Nc1ccc(C)cc1. The van der Waals surface area contributed by atoms with Gasteiger partial charge < -0.3 is 29.3 Å². The second-order valence-corrected chi connectivity index (χ2v) is 10.2. The predicted octanol–water partition coefficient (Wildman–Crippen LogP) is 5.14. The number of methoxy groups -OCH3 is 2. The van der Waals surface area contributed by atoms with Crippen molar-refractivity contribution in [3.8, 4) is 11.5 Å². The number of rotatable bonds is 11. The van der Waals surface area contributed by atoms with Crippen LogP contribution >= 0.6 is 11.3 Å². The molecule has 4 rings (SSSR count). The van der Waals surface area contributed by atoms with Gasteiger partial charge in [0.15, 0.2) is 0 Å². The molecule has 0 radical (unpaired) electrons. The maximum Gasteiger partial charge on any atom is 0.322 e. The maximum atomic E-state index is 13.7. The molecule has 38 heavy (non-hydrogen) atoms. The van der Waals surface area contributed by atoms with E-state index in [1.54, 1.807) is 30.5 Å². The van der Waals surface area contributed by atoms with E-state index in [-0.39, 0.29) is 24.5 Å². The Bertz CT molecular complexity index is 1210. The average molecular weight is 538 g/mol. The van der Waals surface area contributed by atoms with E-state index < -0.39 is 0 Å². The summed E-state index contributed by atoms with van der Waals surface area (Å²) in [6.07, 6.45) is 1.41. The first-order valence-electron chi connectivity index (χ1n) is 12.7. The molecule has 0 aliphatic carbocycles. The van der Waals surface area contributed by atoms with Crippen molar-refractivity contribution < 1.29 is 23.8 Å². The van der Waals surface area contributed by atoms with Crippen LogP contribution in [0.5, 0.6) is 11.5 Å². The zero-order valence-electron chi connectivity index (χ0n) is 22.1. The number of benzene rings is 2. The van der Waals surface area contributed by atoms with Gasteiger partial charge in [0.1, 0.15) is 24.7 Å². The smallest absolute Gasteiger partial charge is 0.322 e. The Morgan fingerprint density at radius 1 is 1.11 bits per heavy atom. The molecular weight excluding hydrogens is 502 g/mol. The third-order valence-corrected chi connectivity index (χ3v) is 7.55. The number of thiophene rings is 1. The van der Waals surface area contributed by atoms with Crippen molar-refractivity contribution >= 4 is 29.0 Å². The first-order valence-corrected chi connectivity index (χ1v) is 13.6. The summed E-state index contributed by atoms with van der Waals surface area (Å²) in [7, 11) is 3.24. The fourth-order valence-electron chi connectivity index (χ4n) is 4.49. The molecule has 202 valence electrons. The van der Waals surface area contributed by atoms with Gasteiger partial charge >= 0.3 is 6.03 Å². The molecule has 3 amide bonds. The van der Waals surface area contributed by atoms with Gasteiger partial charge in [0.05, 0.1) is 13.2 Å². The lowest BCUT2D eigenvalue weighted by Gasteiger charge is -2.37. The molecule has 0 spiro atoms. The van der Waals surface area contributed by atoms with Crippen molar-refractivity contribution in [1.82, 2.24) is 9.80 Å². The number of hydrogen-bond donors (Lipinski definition) is 1. The summed E-state index contributed by atoms with van der Waals surface area (Å²) in [5.41, 5.74) is 2.90. The van der Waals surface area contributed by atoms with Crippen molar-refractivity contribution in [3.05, 3.63) is 76.0 Å². The third kappa shape index (κ3) is 7.05. The average Bonchev–Trinajstić information content (AvgIpc) is 3.42. The fraction of sp³-hybridized carbons (Fsp3) is 0.379. The highest BCUT2D eigenvalue weighted by atomic mass is 32.1. The molecule has 2 aromatic carbocycles. The van der Waals surface area contributed by atoms with E-state index in [0.29, 0.717) is 49.9 Å². The van der Waals surface area contributed by atoms with Crippen molar-refractivity contribution in [1.29, 1.82) is 0 Å². The van der Waals surface area contributed by atoms with Gasteiger partial charge in [-0.3, -0.25) is 4.79 Å². The minimum absolute atomic E-state index is 0.0312. The molecule has 0 fully saturated rings. The van der Waals surface area contributed by atoms with Gasteiger partial charge in [0.25, 0.3) is 0 Å². The Kier molecular flexibility index (Phi) is 9.62. The van der Waals surface area contributed by atoms with Crippen molar-refractivity contribution in [2.45, 2.75) is 25.8 Å². The quantitative estimate of drug-likeness (QED) is 0.343. The standard InChI is InChI=1S/C29H35N3O5S/c1-21-8-10-22(11-9-21)30-29(34)31(14-5-16-35-2)19-28(33)32-15-12-27-25(13-17-38-27)26(32)20-37-24-7-4-6-23(18-24)36-3/h4,6-11,13,17-18,26H,5,12,14-16,19-20H2,1-3H3,(H,30,34). The van der Waals surface area contributed by atoms with Crippen LogP contribution in [0.15, 0.2) is 60.0 Å². The van der Waals surface area contributed by atoms with E-state index in [1.165, 1.54) is 4.88 Å². The fourth-order valence-corrected chi connectivity index (χ4v) is 5.41. The maximum absolute atomic E-state index is 13.7. The molecule has 8 nitrogen and oxygen atoms in total. The number of aryl methyl sites for hydroxylation is 1. The van der Waals surface area contributed by atoms with Crippen molar-refractivity contribution in [2.24, 2.45) is 0 Å². The van der Waals surface area contributed by atoms with Crippen LogP contribution in [0, 0.1) is 6.92 Å². The zero-order chi connectivity index (χ0) is 26.9. The van der Waals surface area contributed by atoms with E-state index >= 15 is 0 Å². The number of nitrogens with one attached hydrogen (secondary N) is 1. The molecule has 3 aromatic rings. The molecule has 0 saturated heterocycles. The van der Waals surface area contributed by atoms with Gasteiger partial charge in [-0.15, -0.1) is 11.3 Å². The van der Waals surface area contributed by atoms with Crippen molar-refractivity contribution in [2.75, 3.05) is 52.4 Å². The number of nitrogens with zero attached hydrogens (tertiary/aromatic N) is 2. The molecule has 0 saturated carbocycles. The van der Waals surface area contributed by atoms with Crippen LogP contribution in [0.1, 0.15) is 28.5 Å². The van der Waals surface area contributed by atoms with Crippen LogP contribution in [0.2, 0.25) is 0 Å². The normalized spacial score (nSPS) is 14.5. The minimum Gasteiger partial charge on any atom is -0.497 e. The van der Waals surface area contributed by atoms with Gasteiger partial charge in [-0.2, -0.15) is 0 Å². The van der Waals surface area contributed by atoms with E-state index in [0.717, 1.165) is 17.5 Å².